The lowest BCUT2D eigenvalue weighted by Gasteiger charge is -2.28. The average molecular weight is 261 g/mol. The average Bonchev–Trinajstić information content (AvgIpc) is 2.47. The molecule has 3 heteroatoms. The van der Waals surface area contributed by atoms with Gasteiger partial charge >= 0.3 is 0 Å². The molecule has 2 N–H and O–H groups in total. The van der Waals surface area contributed by atoms with Crippen molar-refractivity contribution in [1.82, 2.24) is 4.98 Å². The fourth-order valence-electron chi connectivity index (χ4n) is 2.91. The van der Waals surface area contributed by atoms with Crippen LogP contribution in [0, 0.1) is 5.92 Å². The minimum Gasteiger partial charge on any atom is -0.373 e. The summed E-state index contributed by atoms with van der Waals surface area (Å²) in [6.07, 6.45) is 9.90. The Morgan fingerprint density at radius 1 is 1.32 bits per heavy atom. The maximum Gasteiger partial charge on any atom is 0.0572 e. The van der Waals surface area contributed by atoms with E-state index in [-0.39, 0.29) is 6.04 Å². The molecule has 0 spiro atoms. The SMILES string of the molecule is CC[C@H](N)c1ccc(N(C)CC2CCCCC2)cn1. The molecule has 19 heavy (non-hydrogen) atoms. The molecule has 0 amide bonds. The van der Waals surface area contributed by atoms with E-state index < -0.39 is 0 Å². The van der Waals surface area contributed by atoms with Gasteiger partial charge in [0.1, 0.15) is 0 Å². The molecule has 1 saturated carbocycles. The van der Waals surface area contributed by atoms with Gasteiger partial charge in [0.15, 0.2) is 0 Å². The van der Waals surface area contributed by atoms with E-state index in [4.69, 9.17) is 5.73 Å². The zero-order valence-electron chi connectivity index (χ0n) is 12.3. The van der Waals surface area contributed by atoms with E-state index in [0.717, 1.165) is 24.6 Å². The number of pyridine rings is 1. The number of aromatic nitrogens is 1. The number of nitrogens with two attached hydrogens (primary N) is 1. The van der Waals surface area contributed by atoms with Gasteiger partial charge in [-0.25, -0.2) is 0 Å². The van der Waals surface area contributed by atoms with Crippen molar-refractivity contribution >= 4 is 5.69 Å². The number of anilines is 1. The van der Waals surface area contributed by atoms with Crippen molar-refractivity contribution in [2.75, 3.05) is 18.5 Å². The molecule has 1 heterocycles. The van der Waals surface area contributed by atoms with Crippen LogP contribution in [0.3, 0.4) is 0 Å². The predicted octanol–water partition coefficient (Wildman–Crippen LogP) is 3.51. The van der Waals surface area contributed by atoms with Crippen LogP contribution in [0.25, 0.3) is 0 Å². The molecule has 1 fully saturated rings. The van der Waals surface area contributed by atoms with Crippen molar-refractivity contribution in [2.24, 2.45) is 11.7 Å². The van der Waals surface area contributed by atoms with E-state index in [1.54, 1.807) is 0 Å². The van der Waals surface area contributed by atoms with E-state index in [2.05, 4.69) is 36.0 Å². The van der Waals surface area contributed by atoms with Gasteiger partial charge < -0.3 is 10.6 Å². The largest absolute Gasteiger partial charge is 0.373 e. The first kappa shape index (κ1) is 14.3. The molecule has 1 aromatic heterocycles. The molecule has 0 radical (unpaired) electrons. The highest BCUT2D eigenvalue weighted by molar-refractivity contribution is 5.43. The molecule has 1 aromatic rings. The second-order valence-electron chi connectivity index (χ2n) is 5.84. The van der Waals surface area contributed by atoms with Gasteiger partial charge in [-0.05, 0) is 37.3 Å². The van der Waals surface area contributed by atoms with Crippen molar-refractivity contribution in [3.63, 3.8) is 0 Å². The van der Waals surface area contributed by atoms with Crippen molar-refractivity contribution in [1.29, 1.82) is 0 Å². The summed E-state index contributed by atoms with van der Waals surface area (Å²) in [5.41, 5.74) is 8.20. The van der Waals surface area contributed by atoms with Crippen molar-refractivity contribution in [3.05, 3.63) is 24.0 Å². The number of rotatable bonds is 5. The zero-order chi connectivity index (χ0) is 13.7. The molecule has 106 valence electrons. The summed E-state index contributed by atoms with van der Waals surface area (Å²) < 4.78 is 0. The minimum absolute atomic E-state index is 0.0673. The summed E-state index contributed by atoms with van der Waals surface area (Å²) in [6.45, 7) is 3.25. The number of hydrogen-bond donors (Lipinski definition) is 1. The first-order chi connectivity index (χ1) is 9.20. The van der Waals surface area contributed by atoms with Crippen LogP contribution >= 0.6 is 0 Å². The summed E-state index contributed by atoms with van der Waals surface area (Å²) in [7, 11) is 2.17. The Kier molecular flexibility index (Phi) is 5.20. The van der Waals surface area contributed by atoms with Crippen molar-refractivity contribution in [2.45, 2.75) is 51.5 Å². The fourth-order valence-corrected chi connectivity index (χ4v) is 2.91. The molecular formula is C16H27N3. The Morgan fingerprint density at radius 3 is 2.63 bits per heavy atom. The van der Waals surface area contributed by atoms with Crippen LogP contribution in [-0.4, -0.2) is 18.6 Å². The maximum atomic E-state index is 5.99. The Labute approximate surface area is 117 Å². The topological polar surface area (TPSA) is 42.1 Å². The Morgan fingerprint density at radius 2 is 2.05 bits per heavy atom. The maximum absolute atomic E-state index is 5.99. The van der Waals surface area contributed by atoms with E-state index in [9.17, 15) is 0 Å². The highest BCUT2D eigenvalue weighted by atomic mass is 15.1. The van der Waals surface area contributed by atoms with Crippen LogP contribution in [0.5, 0.6) is 0 Å². The van der Waals surface area contributed by atoms with Gasteiger partial charge in [-0.3, -0.25) is 4.98 Å². The van der Waals surface area contributed by atoms with Gasteiger partial charge in [0.2, 0.25) is 0 Å². The Hall–Kier alpha value is -1.09. The van der Waals surface area contributed by atoms with Gasteiger partial charge in [0.05, 0.1) is 17.6 Å². The van der Waals surface area contributed by atoms with Gasteiger partial charge in [0, 0.05) is 19.6 Å². The van der Waals surface area contributed by atoms with E-state index in [1.165, 1.54) is 37.8 Å². The summed E-state index contributed by atoms with van der Waals surface area (Å²) in [6, 6.07) is 4.29. The van der Waals surface area contributed by atoms with Gasteiger partial charge in [-0.2, -0.15) is 0 Å². The third-order valence-corrected chi connectivity index (χ3v) is 4.29. The lowest BCUT2D eigenvalue weighted by molar-refractivity contribution is 0.362. The summed E-state index contributed by atoms with van der Waals surface area (Å²) in [4.78, 5) is 6.83. The van der Waals surface area contributed by atoms with Crippen molar-refractivity contribution < 1.29 is 0 Å². The molecular weight excluding hydrogens is 234 g/mol. The monoisotopic (exact) mass is 261 g/mol. The first-order valence-corrected chi connectivity index (χ1v) is 7.63. The molecule has 0 aromatic carbocycles. The van der Waals surface area contributed by atoms with Crippen LogP contribution in [0.15, 0.2) is 18.3 Å². The fraction of sp³-hybridized carbons (Fsp3) is 0.688. The minimum atomic E-state index is 0.0673. The smallest absolute Gasteiger partial charge is 0.0572 e. The van der Waals surface area contributed by atoms with Crippen molar-refractivity contribution in [3.8, 4) is 0 Å². The second-order valence-corrected chi connectivity index (χ2v) is 5.84. The normalized spacial score (nSPS) is 18.3. The third-order valence-electron chi connectivity index (χ3n) is 4.29. The first-order valence-electron chi connectivity index (χ1n) is 7.63. The van der Waals surface area contributed by atoms with Crippen LogP contribution in [0.2, 0.25) is 0 Å². The highest BCUT2D eigenvalue weighted by Gasteiger charge is 2.16. The summed E-state index contributed by atoms with van der Waals surface area (Å²) in [5, 5.41) is 0. The molecule has 1 aliphatic carbocycles. The molecule has 3 nitrogen and oxygen atoms in total. The lowest BCUT2D eigenvalue weighted by atomic mass is 9.89. The Balaban J connectivity index is 1.93. The van der Waals surface area contributed by atoms with E-state index >= 15 is 0 Å². The molecule has 1 aliphatic rings. The quantitative estimate of drug-likeness (QED) is 0.882. The van der Waals surface area contributed by atoms with Gasteiger partial charge in [-0.1, -0.05) is 26.2 Å². The van der Waals surface area contributed by atoms with Crippen LogP contribution < -0.4 is 10.6 Å². The summed E-state index contributed by atoms with van der Waals surface area (Å²) >= 11 is 0. The van der Waals surface area contributed by atoms with Gasteiger partial charge in [-0.15, -0.1) is 0 Å². The molecule has 0 aliphatic heterocycles. The molecule has 0 bridgehead atoms. The van der Waals surface area contributed by atoms with Crippen LogP contribution in [-0.2, 0) is 0 Å². The standard InChI is InChI=1S/C16H27N3/c1-3-15(17)16-10-9-14(11-18-16)19(2)12-13-7-5-4-6-8-13/h9-11,13,15H,3-8,12,17H2,1-2H3/t15-/m0/s1. The molecule has 1 atom stereocenters. The summed E-state index contributed by atoms with van der Waals surface area (Å²) in [5.74, 6) is 0.858. The van der Waals surface area contributed by atoms with Crippen LogP contribution in [0.4, 0.5) is 5.69 Å². The lowest BCUT2D eigenvalue weighted by Crippen LogP contribution is -2.27. The number of nitrogens with zero attached hydrogens (tertiary/aromatic N) is 2. The van der Waals surface area contributed by atoms with Crippen LogP contribution in [0.1, 0.15) is 57.2 Å². The highest BCUT2D eigenvalue weighted by Crippen LogP contribution is 2.26. The van der Waals surface area contributed by atoms with E-state index in [0.29, 0.717) is 0 Å². The van der Waals surface area contributed by atoms with Gasteiger partial charge in [0.25, 0.3) is 0 Å². The Bertz CT molecular complexity index is 368. The third kappa shape index (κ3) is 3.93. The number of hydrogen-bond acceptors (Lipinski definition) is 3. The predicted molar refractivity (Wildman–Crippen MR) is 81.3 cm³/mol. The second kappa shape index (κ2) is 6.90. The zero-order valence-corrected chi connectivity index (χ0v) is 12.3. The molecule has 2 rings (SSSR count). The molecule has 0 unspecified atom stereocenters. The molecule has 0 saturated heterocycles. The van der Waals surface area contributed by atoms with E-state index in [1.807, 2.05) is 6.20 Å².